The third-order valence-electron chi connectivity index (χ3n) is 3.92. The SMILES string of the molecule is O=C(O)C1CN(C(=O)c2ccc3c(c2)CCCN3)CCO1. The topological polar surface area (TPSA) is 78.9 Å². The average molecular weight is 290 g/mol. The van der Waals surface area contributed by atoms with Crippen LogP contribution in [0, 0.1) is 0 Å². The van der Waals surface area contributed by atoms with Gasteiger partial charge < -0.3 is 20.1 Å². The van der Waals surface area contributed by atoms with Crippen LogP contribution < -0.4 is 5.32 Å². The number of hydrogen-bond acceptors (Lipinski definition) is 4. The Morgan fingerprint density at radius 1 is 1.38 bits per heavy atom. The maximum Gasteiger partial charge on any atom is 0.334 e. The van der Waals surface area contributed by atoms with Crippen LogP contribution in [-0.2, 0) is 16.0 Å². The molecule has 2 aliphatic heterocycles. The molecule has 0 saturated carbocycles. The van der Waals surface area contributed by atoms with Crippen molar-refractivity contribution in [3.05, 3.63) is 29.3 Å². The number of ether oxygens (including phenoxy) is 1. The predicted octanol–water partition coefficient (Wildman–Crippen LogP) is 0.970. The largest absolute Gasteiger partial charge is 0.479 e. The van der Waals surface area contributed by atoms with Gasteiger partial charge in [0.15, 0.2) is 6.10 Å². The molecule has 21 heavy (non-hydrogen) atoms. The fourth-order valence-electron chi connectivity index (χ4n) is 2.77. The zero-order chi connectivity index (χ0) is 14.8. The van der Waals surface area contributed by atoms with Crippen molar-refractivity contribution in [2.24, 2.45) is 0 Å². The Balaban J connectivity index is 1.77. The Labute approximate surface area is 122 Å². The molecule has 6 heteroatoms. The Morgan fingerprint density at radius 3 is 3.05 bits per heavy atom. The van der Waals surface area contributed by atoms with Crippen molar-refractivity contribution >= 4 is 17.6 Å². The molecule has 0 radical (unpaired) electrons. The van der Waals surface area contributed by atoms with E-state index in [1.54, 1.807) is 11.0 Å². The highest BCUT2D eigenvalue weighted by atomic mass is 16.5. The highest BCUT2D eigenvalue weighted by Gasteiger charge is 2.29. The summed E-state index contributed by atoms with van der Waals surface area (Å²) in [5.41, 5.74) is 2.85. The van der Waals surface area contributed by atoms with Gasteiger partial charge in [0, 0.05) is 24.3 Å². The quantitative estimate of drug-likeness (QED) is 0.848. The fourth-order valence-corrected chi connectivity index (χ4v) is 2.77. The minimum absolute atomic E-state index is 0.101. The lowest BCUT2D eigenvalue weighted by molar-refractivity contribution is -0.154. The summed E-state index contributed by atoms with van der Waals surface area (Å²) >= 11 is 0. The van der Waals surface area contributed by atoms with Crippen molar-refractivity contribution in [2.75, 3.05) is 31.6 Å². The van der Waals surface area contributed by atoms with Gasteiger partial charge in [0.05, 0.1) is 13.2 Å². The van der Waals surface area contributed by atoms with Gasteiger partial charge in [0.25, 0.3) is 5.91 Å². The monoisotopic (exact) mass is 290 g/mol. The van der Waals surface area contributed by atoms with Gasteiger partial charge in [-0.1, -0.05) is 0 Å². The molecule has 0 spiro atoms. The number of rotatable bonds is 2. The first kappa shape index (κ1) is 13.9. The summed E-state index contributed by atoms with van der Waals surface area (Å²) in [5.74, 6) is -1.15. The molecule has 6 nitrogen and oxygen atoms in total. The highest BCUT2D eigenvalue weighted by Crippen LogP contribution is 2.24. The molecule has 1 saturated heterocycles. The summed E-state index contributed by atoms with van der Waals surface area (Å²) in [7, 11) is 0. The van der Waals surface area contributed by atoms with Crippen LogP contribution in [0.25, 0.3) is 0 Å². The van der Waals surface area contributed by atoms with Gasteiger partial charge in [0.2, 0.25) is 0 Å². The molecule has 2 aliphatic rings. The van der Waals surface area contributed by atoms with Crippen molar-refractivity contribution in [1.82, 2.24) is 4.90 Å². The number of nitrogens with zero attached hydrogens (tertiary/aromatic N) is 1. The van der Waals surface area contributed by atoms with E-state index in [0.29, 0.717) is 12.1 Å². The lowest BCUT2D eigenvalue weighted by atomic mass is 10.00. The zero-order valence-corrected chi connectivity index (χ0v) is 11.7. The Morgan fingerprint density at radius 2 is 2.24 bits per heavy atom. The number of fused-ring (bicyclic) bond motifs is 1. The molecule has 1 amide bonds. The smallest absolute Gasteiger partial charge is 0.334 e. The van der Waals surface area contributed by atoms with Crippen LogP contribution in [0.2, 0.25) is 0 Å². The van der Waals surface area contributed by atoms with Gasteiger partial charge in [-0.05, 0) is 36.6 Å². The molecule has 1 aromatic carbocycles. The first-order valence-electron chi connectivity index (χ1n) is 7.15. The second-order valence-electron chi connectivity index (χ2n) is 5.35. The third kappa shape index (κ3) is 2.85. The number of carboxylic acids is 1. The number of benzene rings is 1. The maximum absolute atomic E-state index is 12.5. The Kier molecular flexibility index (Phi) is 3.79. The number of anilines is 1. The van der Waals surface area contributed by atoms with Crippen LogP contribution in [0.15, 0.2) is 18.2 Å². The average Bonchev–Trinajstić information content (AvgIpc) is 2.53. The summed E-state index contributed by atoms with van der Waals surface area (Å²) < 4.78 is 5.14. The fraction of sp³-hybridized carbons (Fsp3) is 0.467. The second-order valence-corrected chi connectivity index (χ2v) is 5.35. The van der Waals surface area contributed by atoms with Crippen LogP contribution in [0.5, 0.6) is 0 Å². The van der Waals surface area contributed by atoms with Crippen LogP contribution in [-0.4, -0.2) is 54.2 Å². The summed E-state index contributed by atoms with van der Waals surface area (Å²) in [6, 6.07) is 5.64. The molecular weight excluding hydrogens is 272 g/mol. The standard InChI is InChI=1S/C15H18N2O4/c18-14(17-6-7-21-13(9-17)15(19)20)11-3-4-12-10(8-11)2-1-5-16-12/h3-4,8,13,16H,1-2,5-7,9H2,(H,19,20). The number of nitrogens with one attached hydrogen (secondary N) is 1. The predicted molar refractivity (Wildman–Crippen MR) is 76.5 cm³/mol. The van der Waals surface area contributed by atoms with E-state index >= 15 is 0 Å². The summed E-state index contributed by atoms with van der Waals surface area (Å²) in [5, 5.41) is 12.3. The number of morpholine rings is 1. The molecule has 1 unspecified atom stereocenters. The molecule has 0 bridgehead atoms. The van der Waals surface area contributed by atoms with Gasteiger partial charge in [-0.2, -0.15) is 0 Å². The van der Waals surface area contributed by atoms with Crippen LogP contribution >= 0.6 is 0 Å². The third-order valence-corrected chi connectivity index (χ3v) is 3.92. The van der Waals surface area contributed by atoms with Gasteiger partial charge in [-0.15, -0.1) is 0 Å². The molecule has 1 fully saturated rings. The number of amides is 1. The van der Waals surface area contributed by atoms with E-state index in [0.717, 1.165) is 30.6 Å². The minimum Gasteiger partial charge on any atom is -0.479 e. The normalized spacial score (nSPS) is 21.3. The van der Waals surface area contributed by atoms with Gasteiger partial charge >= 0.3 is 5.97 Å². The van der Waals surface area contributed by atoms with Crippen LogP contribution in [0.4, 0.5) is 5.69 Å². The lowest BCUT2D eigenvalue weighted by Gasteiger charge is -2.31. The van der Waals surface area contributed by atoms with Gasteiger partial charge in [-0.25, -0.2) is 4.79 Å². The molecule has 112 valence electrons. The number of carboxylic acid groups (broad SMARTS) is 1. The first-order valence-corrected chi connectivity index (χ1v) is 7.15. The maximum atomic E-state index is 12.5. The molecule has 2 heterocycles. The van der Waals surface area contributed by atoms with E-state index < -0.39 is 12.1 Å². The van der Waals surface area contributed by atoms with Crippen molar-refractivity contribution < 1.29 is 19.4 Å². The van der Waals surface area contributed by atoms with Crippen LogP contribution in [0.1, 0.15) is 22.3 Å². The van der Waals surface area contributed by atoms with Crippen molar-refractivity contribution in [3.63, 3.8) is 0 Å². The summed E-state index contributed by atoms with van der Waals surface area (Å²) in [6.07, 6.45) is 1.09. The number of aliphatic carboxylic acids is 1. The van der Waals surface area contributed by atoms with Crippen molar-refractivity contribution in [3.8, 4) is 0 Å². The Hall–Kier alpha value is -2.08. The molecule has 3 rings (SSSR count). The van der Waals surface area contributed by atoms with E-state index in [9.17, 15) is 9.59 Å². The van der Waals surface area contributed by atoms with E-state index in [1.807, 2.05) is 12.1 Å². The number of aryl methyl sites for hydroxylation is 1. The van der Waals surface area contributed by atoms with E-state index in [2.05, 4.69) is 5.32 Å². The van der Waals surface area contributed by atoms with Crippen molar-refractivity contribution in [2.45, 2.75) is 18.9 Å². The molecule has 2 N–H and O–H groups in total. The summed E-state index contributed by atoms with van der Waals surface area (Å²) in [4.78, 5) is 25.0. The minimum atomic E-state index is -1.03. The number of hydrogen-bond donors (Lipinski definition) is 2. The Bertz CT molecular complexity index is 573. The lowest BCUT2D eigenvalue weighted by Crippen LogP contribution is -2.48. The molecular formula is C15H18N2O4. The van der Waals surface area contributed by atoms with Crippen LogP contribution in [0.3, 0.4) is 0 Å². The molecule has 1 atom stereocenters. The second kappa shape index (κ2) is 5.73. The molecule has 0 aromatic heterocycles. The number of carbonyl (C=O) groups is 2. The first-order chi connectivity index (χ1) is 10.1. The number of carbonyl (C=O) groups excluding carboxylic acids is 1. The van der Waals surface area contributed by atoms with Gasteiger partial charge in [0.1, 0.15) is 0 Å². The zero-order valence-electron chi connectivity index (χ0n) is 11.7. The summed E-state index contributed by atoms with van der Waals surface area (Å²) in [6.45, 7) is 1.75. The molecule has 1 aromatic rings. The molecule has 0 aliphatic carbocycles. The van der Waals surface area contributed by atoms with Gasteiger partial charge in [-0.3, -0.25) is 4.79 Å². The van der Waals surface area contributed by atoms with E-state index in [1.165, 1.54) is 0 Å². The van der Waals surface area contributed by atoms with Crippen molar-refractivity contribution in [1.29, 1.82) is 0 Å². The highest BCUT2D eigenvalue weighted by molar-refractivity contribution is 5.95. The van der Waals surface area contributed by atoms with E-state index in [4.69, 9.17) is 9.84 Å². The van der Waals surface area contributed by atoms with E-state index in [-0.39, 0.29) is 19.1 Å².